The maximum absolute atomic E-state index is 12.4. The van der Waals surface area contributed by atoms with Crippen LogP contribution in [-0.2, 0) is 14.3 Å². The molecule has 154 valence electrons. The average molecular weight is 398 g/mol. The summed E-state index contributed by atoms with van der Waals surface area (Å²) in [5.74, 6) is 1.08. The van der Waals surface area contributed by atoms with Gasteiger partial charge < -0.3 is 19.7 Å². The molecule has 0 aliphatic carbocycles. The van der Waals surface area contributed by atoms with E-state index in [2.05, 4.69) is 15.3 Å². The van der Waals surface area contributed by atoms with Crippen molar-refractivity contribution in [2.45, 2.75) is 32.1 Å². The second-order valence-corrected chi connectivity index (χ2v) is 6.98. The van der Waals surface area contributed by atoms with Gasteiger partial charge in [-0.3, -0.25) is 14.6 Å². The highest BCUT2D eigenvalue weighted by Gasteiger charge is 2.28. The average Bonchev–Trinajstić information content (AvgIpc) is 2.73. The Balaban J connectivity index is 1.71. The molecule has 2 aromatic rings. The first-order chi connectivity index (χ1) is 14.1. The molecule has 1 saturated heterocycles. The zero-order chi connectivity index (χ0) is 20.6. The zero-order valence-corrected chi connectivity index (χ0v) is 16.8. The highest BCUT2D eigenvalue weighted by Crippen LogP contribution is 2.33. The van der Waals surface area contributed by atoms with Gasteiger partial charge in [-0.05, 0) is 37.1 Å². The fourth-order valence-corrected chi connectivity index (χ4v) is 3.39. The normalized spacial score (nSPS) is 16.3. The number of nitrogens with zero attached hydrogens (tertiary/aromatic N) is 3. The number of amides is 2. The Morgan fingerprint density at radius 2 is 1.97 bits per heavy atom. The summed E-state index contributed by atoms with van der Waals surface area (Å²) in [6.45, 7) is 3.23. The summed E-state index contributed by atoms with van der Waals surface area (Å²) >= 11 is 0. The van der Waals surface area contributed by atoms with Crippen LogP contribution in [0.3, 0.4) is 0 Å². The Morgan fingerprint density at radius 1 is 1.21 bits per heavy atom. The highest BCUT2D eigenvalue weighted by atomic mass is 16.5. The van der Waals surface area contributed by atoms with Crippen molar-refractivity contribution in [3.8, 4) is 11.6 Å². The molecule has 0 unspecified atom stereocenters. The maximum Gasteiger partial charge on any atom is 0.241 e. The molecule has 0 radical (unpaired) electrons. The number of aromatic nitrogens is 2. The highest BCUT2D eigenvalue weighted by molar-refractivity contribution is 5.88. The summed E-state index contributed by atoms with van der Waals surface area (Å²) in [6, 6.07) is 7.07. The van der Waals surface area contributed by atoms with Gasteiger partial charge in [0, 0.05) is 51.1 Å². The van der Waals surface area contributed by atoms with E-state index >= 15 is 0 Å². The summed E-state index contributed by atoms with van der Waals surface area (Å²) < 4.78 is 11.0. The van der Waals surface area contributed by atoms with Crippen LogP contribution in [0.5, 0.6) is 11.6 Å². The topological polar surface area (TPSA) is 93.7 Å². The lowest BCUT2D eigenvalue weighted by Crippen LogP contribution is -2.39. The van der Waals surface area contributed by atoms with E-state index in [1.807, 2.05) is 4.90 Å². The molecule has 0 saturated carbocycles. The van der Waals surface area contributed by atoms with Crippen molar-refractivity contribution in [2.75, 3.05) is 32.1 Å². The number of piperidine rings is 1. The molecule has 0 spiro atoms. The Kier molecular flexibility index (Phi) is 7.13. The third-order valence-corrected chi connectivity index (χ3v) is 4.76. The molecular weight excluding hydrogens is 372 g/mol. The Labute approximate surface area is 170 Å². The smallest absolute Gasteiger partial charge is 0.241 e. The van der Waals surface area contributed by atoms with Crippen LogP contribution in [0.15, 0.2) is 36.7 Å². The lowest BCUT2D eigenvalue weighted by atomic mass is 9.94. The number of likely N-dealkylation sites (tertiary alicyclic amines) is 1. The molecular formula is C21H26N4O4. The number of methoxy groups -OCH3 is 1. The number of ether oxygens (including phenoxy) is 2. The van der Waals surface area contributed by atoms with E-state index in [0.717, 1.165) is 25.1 Å². The number of anilines is 1. The number of carbonyl (C=O) groups excluding carboxylic acids is 2. The molecule has 0 bridgehead atoms. The molecule has 8 nitrogen and oxygen atoms in total. The SMILES string of the molecule is COCCC(=O)N1CCC[C@H](c2nccnc2Oc2ccc(NC(C)=O)cc2)C1. The largest absolute Gasteiger partial charge is 0.437 e. The summed E-state index contributed by atoms with van der Waals surface area (Å²) in [5.41, 5.74) is 1.45. The quantitative estimate of drug-likeness (QED) is 0.771. The van der Waals surface area contributed by atoms with Gasteiger partial charge in [-0.1, -0.05) is 0 Å². The summed E-state index contributed by atoms with van der Waals surface area (Å²) in [6.07, 6.45) is 5.45. The Bertz CT molecular complexity index is 841. The predicted octanol–water partition coefficient (Wildman–Crippen LogP) is 2.97. The Hall–Kier alpha value is -3.00. The summed E-state index contributed by atoms with van der Waals surface area (Å²) in [4.78, 5) is 34.2. The standard InChI is InChI=1S/C21H26N4O4/c1-15(26)24-17-5-7-18(8-6-17)29-21-20(22-10-11-23-21)16-4-3-12-25(14-16)19(27)9-13-28-2/h5-8,10-11,16H,3-4,9,12-14H2,1-2H3,(H,24,26)/t16-/m0/s1. The fraction of sp³-hybridized carbons (Fsp3) is 0.429. The fourth-order valence-electron chi connectivity index (χ4n) is 3.39. The van der Waals surface area contributed by atoms with Crippen molar-refractivity contribution in [3.05, 3.63) is 42.4 Å². The third kappa shape index (κ3) is 5.74. The molecule has 8 heteroatoms. The van der Waals surface area contributed by atoms with E-state index in [4.69, 9.17) is 9.47 Å². The van der Waals surface area contributed by atoms with Gasteiger partial charge in [0.2, 0.25) is 17.7 Å². The van der Waals surface area contributed by atoms with Crippen molar-refractivity contribution in [1.29, 1.82) is 0 Å². The molecule has 1 N–H and O–H groups in total. The number of rotatable bonds is 7. The molecule has 1 aromatic heterocycles. The van der Waals surface area contributed by atoms with Gasteiger partial charge in [0.25, 0.3) is 0 Å². The van der Waals surface area contributed by atoms with E-state index < -0.39 is 0 Å². The van der Waals surface area contributed by atoms with E-state index in [0.29, 0.717) is 36.9 Å². The molecule has 3 rings (SSSR count). The first-order valence-electron chi connectivity index (χ1n) is 9.70. The molecule has 1 aliphatic rings. The van der Waals surface area contributed by atoms with E-state index in [1.54, 1.807) is 43.8 Å². The van der Waals surface area contributed by atoms with Gasteiger partial charge in [0.05, 0.1) is 13.0 Å². The maximum atomic E-state index is 12.4. The summed E-state index contributed by atoms with van der Waals surface area (Å²) in [7, 11) is 1.60. The molecule has 2 amide bonds. The molecule has 29 heavy (non-hydrogen) atoms. The van der Waals surface area contributed by atoms with E-state index in [9.17, 15) is 9.59 Å². The van der Waals surface area contributed by atoms with Crippen LogP contribution in [0.2, 0.25) is 0 Å². The van der Waals surface area contributed by atoms with Crippen molar-refractivity contribution in [2.24, 2.45) is 0 Å². The van der Waals surface area contributed by atoms with Crippen LogP contribution in [-0.4, -0.2) is 53.5 Å². The molecule has 2 heterocycles. The van der Waals surface area contributed by atoms with E-state index in [-0.39, 0.29) is 17.7 Å². The predicted molar refractivity (Wildman–Crippen MR) is 108 cm³/mol. The molecule has 1 aromatic carbocycles. The number of carbonyl (C=O) groups is 2. The van der Waals surface area contributed by atoms with Gasteiger partial charge in [0.1, 0.15) is 11.4 Å². The summed E-state index contributed by atoms with van der Waals surface area (Å²) in [5, 5.41) is 2.72. The van der Waals surface area contributed by atoms with Gasteiger partial charge in [0.15, 0.2) is 0 Å². The first kappa shape index (κ1) is 20.7. The van der Waals surface area contributed by atoms with Crippen LogP contribution in [0.4, 0.5) is 5.69 Å². The van der Waals surface area contributed by atoms with Crippen LogP contribution in [0, 0.1) is 0 Å². The van der Waals surface area contributed by atoms with Crippen LogP contribution in [0.25, 0.3) is 0 Å². The van der Waals surface area contributed by atoms with Gasteiger partial charge in [-0.25, -0.2) is 4.98 Å². The minimum atomic E-state index is -0.128. The van der Waals surface area contributed by atoms with Crippen molar-refractivity contribution >= 4 is 17.5 Å². The second-order valence-electron chi connectivity index (χ2n) is 6.98. The lowest BCUT2D eigenvalue weighted by Gasteiger charge is -2.32. The van der Waals surface area contributed by atoms with Crippen molar-refractivity contribution in [3.63, 3.8) is 0 Å². The number of benzene rings is 1. The zero-order valence-electron chi connectivity index (χ0n) is 16.8. The second kappa shape index (κ2) is 9.97. The van der Waals surface area contributed by atoms with Crippen LogP contribution in [0.1, 0.15) is 37.8 Å². The minimum absolute atomic E-state index is 0.0672. The first-order valence-corrected chi connectivity index (χ1v) is 9.70. The van der Waals surface area contributed by atoms with Crippen LogP contribution >= 0.6 is 0 Å². The Morgan fingerprint density at radius 3 is 2.69 bits per heavy atom. The third-order valence-electron chi connectivity index (χ3n) is 4.76. The minimum Gasteiger partial charge on any atom is -0.437 e. The lowest BCUT2D eigenvalue weighted by molar-refractivity contribution is -0.133. The van der Waals surface area contributed by atoms with Gasteiger partial charge >= 0.3 is 0 Å². The van der Waals surface area contributed by atoms with Gasteiger partial charge in [-0.2, -0.15) is 0 Å². The van der Waals surface area contributed by atoms with Crippen molar-refractivity contribution in [1.82, 2.24) is 14.9 Å². The number of nitrogens with one attached hydrogen (secondary N) is 1. The van der Waals surface area contributed by atoms with E-state index in [1.165, 1.54) is 6.92 Å². The van der Waals surface area contributed by atoms with Crippen LogP contribution < -0.4 is 10.1 Å². The number of hydrogen-bond donors (Lipinski definition) is 1. The number of hydrogen-bond acceptors (Lipinski definition) is 6. The molecule has 1 aliphatic heterocycles. The van der Waals surface area contributed by atoms with Crippen molar-refractivity contribution < 1.29 is 19.1 Å². The molecule has 1 atom stereocenters. The monoisotopic (exact) mass is 398 g/mol. The molecule has 1 fully saturated rings. The van der Waals surface area contributed by atoms with Gasteiger partial charge in [-0.15, -0.1) is 0 Å².